The van der Waals surface area contributed by atoms with Gasteiger partial charge in [-0.05, 0) is 31.0 Å². The number of hydrogen-bond donors (Lipinski definition) is 2. The first-order chi connectivity index (χ1) is 13.3. The van der Waals surface area contributed by atoms with E-state index in [2.05, 4.69) is 20.6 Å². The molecule has 1 fully saturated rings. The molecular formula is C19H23N5O3. The van der Waals surface area contributed by atoms with Crippen molar-refractivity contribution in [3.8, 4) is 0 Å². The third-order valence-electron chi connectivity index (χ3n) is 4.70. The average Bonchev–Trinajstić information content (AvgIpc) is 3.19. The predicted octanol–water partition coefficient (Wildman–Crippen LogP) is 1.85. The van der Waals surface area contributed by atoms with Gasteiger partial charge in [0.1, 0.15) is 5.52 Å². The van der Waals surface area contributed by atoms with Crippen LogP contribution in [0, 0.1) is 0 Å². The molecule has 0 spiro atoms. The number of aromatic nitrogens is 3. The van der Waals surface area contributed by atoms with Crippen LogP contribution in [0.15, 0.2) is 30.7 Å². The molecule has 142 valence electrons. The van der Waals surface area contributed by atoms with Gasteiger partial charge in [-0.15, -0.1) is 0 Å². The Hall–Kier alpha value is -2.71. The largest absolute Gasteiger partial charge is 0.383 e. The fourth-order valence-electron chi connectivity index (χ4n) is 3.32. The summed E-state index contributed by atoms with van der Waals surface area (Å²) in [4.78, 5) is 21.6. The second kappa shape index (κ2) is 7.89. The van der Waals surface area contributed by atoms with E-state index in [1.807, 2.05) is 16.5 Å². The van der Waals surface area contributed by atoms with Crippen LogP contribution in [0.2, 0.25) is 0 Å². The molecule has 3 heterocycles. The van der Waals surface area contributed by atoms with E-state index in [4.69, 9.17) is 9.47 Å². The molecule has 1 atom stereocenters. The van der Waals surface area contributed by atoms with Gasteiger partial charge in [-0.1, -0.05) is 0 Å². The number of carbonyl (C=O) groups is 1. The number of imidazole rings is 1. The van der Waals surface area contributed by atoms with Gasteiger partial charge in [0.25, 0.3) is 5.91 Å². The Labute approximate surface area is 156 Å². The van der Waals surface area contributed by atoms with Crippen molar-refractivity contribution in [3.63, 3.8) is 0 Å². The molecule has 2 aromatic heterocycles. The second-order valence-corrected chi connectivity index (χ2v) is 6.62. The highest BCUT2D eigenvalue weighted by atomic mass is 16.5. The maximum absolute atomic E-state index is 12.6. The maximum Gasteiger partial charge on any atom is 0.251 e. The van der Waals surface area contributed by atoms with Crippen LogP contribution < -0.4 is 10.6 Å². The van der Waals surface area contributed by atoms with E-state index in [0.29, 0.717) is 25.3 Å². The lowest BCUT2D eigenvalue weighted by Crippen LogP contribution is -2.40. The smallest absolute Gasteiger partial charge is 0.251 e. The molecule has 0 unspecified atom stereocenters. The normalized spacial score (nSPS) is 17.3. The molecule has 1 saturated heterocycles. The van der Waals surface area contributed by atoms with Gasteiger partial charge in [0.15, 0.2) is 5.82 Å². The number of nitrogens with one attached hydrogen (secondary N) is 2. The molecular weight excluding hydrogens is 346 g/mol. The molecule has 8 nitrogen and oxygen atoms in total. The van der Waals surface area contributed by atoms with Crippen molar-refractivity contribution in [1.29, 1.82) is 0 Å². The van der Waals surface area contributed by atoms with Crippen molar-refractivity contribution in [2.45, 2.75) is 18.9 Å². The Morgan fingerprint density at radius 3 is 3.15 bits per heavy atom. The summed E-state index contributed by atoms with van der Waals surface area (Å²) in [7, 11) is 1.66. The highest BCUT2D eigenvalue weighted by Crippen LogP contribution is 2.22. The quantitative estimate of drug-likeness (QED) is 0.645. The van der Waals surface area contributed by atoms with Crippen LogP contribution >= 0.6 is 0 Å². The van der Waals surface area contributed by atoms with E-state index in [1.54, 1.807) is 25.7 Å². The number of amides is 1. The predicted molar refractivity (Wildman–Crippen MR) is 102 cm³/mol. The van der Waals surface area contributed by atoms with Crippen LogP contribution in [0.1, 0.15) is 23.2 Å². The van der Waals surface area contributed by atoms with Crippen LogP contribution in [0.4, 0.5) is 5.82 Å². The van der Waals surface area contributed by atoms with Gasteiger partial charge < -0.3 is 20.1 Å². The number of carbonyl (C=O) groups excluding carboxylic acids is 1. The minimum absolute atomic E-state index is 0.0701. The van der Waals surface area contributed by atoms with Gasteiger partial charge in [0.05, 0.1) is 42.8 Å². The first kappa shape index (κ1) is 17.7. The molecule has 27 heavy (non-hydrogen) atoms. The Kier molecular flexibility index (Phi) is 5.17. The van der Waals surface area contributed by atoms with Gasteiger partial charge in [-0.3, -0.25) is 9.20 Å². The van der Waals surface area contributed by atoms with Crippen LogP contribution in [0.25, 0.3) is 16.6 Å². The van der Waals surface area contributed by atoms with Crippen LogP contribution in [0.5, 0.6) is 0 Å². The molecule has 1 aliphatic rings. The number of nitrogens with zero attached hydrogens (tertiary/aromatic N) is 3. The molecule has 1 amide bonds. The summed E-state index contributed by atoms with van der Waals surface area (Å²) in [6, 6.07) is 5.59. The van der Waals surface area contributed by atoms with Crippen molar-refractivity contribution < 1.29 is 14.3 Å². The molecule has 0 radical (unpaired) electrons. The lowest BCUT2D eigenvalue weighted by molar-refractivity contribution is 0.0624. The zero-order chi connectivity index (χ0) is 18.6. The van der Waals surface area contributed by atoms with Crippen molar-refractivity contribution in [2.75, 3.05) is 38.8 Å². The minimum atomic E-state index is -0.0945. The zero-order valence-corrected chi connectivity index (χ0v) is 15.3. The average molecular weight is 369 g/mol. The molecule has 1 aliphatic heterocycles. The summed E-state index contributed by atoms with van der Waals surface area (Å²) < 4.78 is 12.5. The highest BCUT2D eigenvalue weighted by Gasteiger charge is 2.18. The van der Waals surface area contributed by atoms with E-state index < -0.39 is 0 Å². The first-order valence-electron chi connectivity index (χ1n) is 9.13. The molecule has 2 N–H and O–H groups in total. The Bertz CT molecular complexity index is 949. The van der Waals surface area contributed by atoms with Crippen molar-refractivity contribution >= 4 is 28.3 Å². The van der Waals surface area contributed by atoms with E-state index in [1.165, 1.54) is 0 Å². The summed E-state index contributed by atoms with van der Waals surface area (Å²) in [5, 5.41) is 6.32. The van der Waals surface area contributed by atoms with Crippen molar-refractivity contribution in [1.82, 2.24) is 19.7 Å². The third kappa shape index (κ3) is 3.72. The Morgan fingerprint density at radius 2 is 2.33 bits per heavy atom. The number of methoxy groups -OCH3 is 1. The molecule has 3 aromatic rings. The Morgan fingerprint density at radius 1 is 1.41 bits per heavy atom. The highest BCUT2D eigenvalue weighted by molar-refractivity contribution is 5.98. The molecule has 0 saturated carbocycles. The van der Waals surface area contributed by atoms with E-state index in [-0.39, 0.29) is 11.9 Å². The summed E-state index contributed by atoms with van der Waals surface area (Å²) in [6.45, 7) is 2.58. The Balaban J connectivity index is 1.63. The lowest BCUT2D eigenvalue weighted by atomic mass is 10.1. The topological polar surface area (TPSA) is 89.8 Å². The van der Waals surface area contributed by atoms with Crippen molar-refractivity contribution in [3.05, 3.63) is 36.3 Å². The fourth-order valence-corrected chi connectivity index (χ4v) is 3.32. The summed E-state index contributed by atoms with van der Waals surface area (Å²) in [5.41, 5.74) is 3.09. The second-order valence-electron chi connectivity index (χ2n) is 6.62. The summed E-state index contributed by atoms with van der Waals surface area (Å²) >= 11 is 0. The summed E-state index contributed by atoms with van der Waals surface area (Å²) in [6.07, 6.45) is 5.41. The third-order valence-corrected chi connectivity index (χ3v) is 4.70. The molecule has 8 heteroatoms. The molecule has 0 bridgehead atoms. The van der Waals surface area contributed by atoms with Crippen LogP contribution in [0.3, 0.4) is 0 Å². The molecule has 1 aromatic carbocycles. The number of anilines is 1. The van der Waals surface area contributed by atoms with Gasteiger partial charge in [0.2, 0.25) is 0 Å². The monoisotopic (exact) mass is 369 g/mol. The maximum atomic E-state index is 12.6. The van der Waals surface area contributed by atoms with Crippen LogP contribution in [-0.4, -0.2) is 59.8 Å². The van der Waals surface area contributed by atoms with E-state index in [9.17, 15) is 4.79 Å². The molecule has 0 aliphatic carbocycles. The van der Waals surface area contributed by atoms with Crippen LogP contribution in [-0.2, 0) is 9.47 Å². The van der Waals surface area contributed by atoms with Crippen molar-refractivity contribution in [2.24, 2.45) is 0 Å². The number of rotatable bonds is 6. The first-order valence-corrected chi connectivity index (χ1v) is 9.13. The molecule has 4 rings (SSSR count). The van der Waals surface area contributed by atoms with E-state index in [0.717, 1.165) is 41.8 Å². The SMILES string of the molecule is COCCNc1nc2ccc(C(=O)N[C@@H]3CCCOC3)cc2n2cncc12. The fraction of sp³-hybridized carbons (Fsp3) is 0.421. The minimum Gasteiger partial charge on any atom is -0.383 e. The summed E-state index contributed by atoms with van der Waals surface area (Å²) in [5.74, 6) is 0.650. The number of ether oxygens (including phenoxy) is 2. The lowest BCUT2D eigenvalue weighted by Gasteiger charge is -2.23. The zero-order valence-electron chi connectivity index (χ0n) is 15.3. The van der Waals surface area contributed by atoms with Gasteiger partial charge >= 0.3 is 0 Å². The standard InChI is InChI=1S/C19H23N5O3/c1-26-8-6-21-18-17-10-20-12-24(17)16-9-13(4-5-15(16)23-18)19(25)22-14-3-2-7-27-11-14/h4-5,9-10,12,14H,2-3,6-8,11H2,1H3,(H,21,23)(H,22,25)/t14-/m1/s1. The number of fused-ring (bicyclic) bond motifs is 3. The van der Waals surface area contributed by atoms with E-state index >= 15 is 0 Å². The number of hydrogen-bond acceptors (Lipinski definition) is 6. The van der Waals surface area contributed by atoms with Gasteiger partial charge in [0, 0.05) is 25.8 Å². The van der Waals surface area contributed by atoms with Gasteiger partial charge in [-0.25, -0.2) is 9.97 Å². The number of benzene rings is 1. The van der Waals surface area contributed by atoms with Gasteiger partial charge in [-0.2, -0.15) is 0 Å².